The highest BCUT2D eigenvalue weighted by molar-refractivity contribution is 6.00. The molecule has 7 nitrogen and oxygen atoms in total. The summed E-state index contributed by atoms with van der Waals surface area (Å²) in [5, 5.41) is 2.66. The van der Waals surface area contributed by atoms with Crippen molar-refractivity contribution >= 4 is 33.6 Å². The van der Waals surface area contributed by atoms with Gasteiger partial charge in [-0.05, 0) is 49.9 Å². The van der Waals surface area contributed by atoms with E-state index in [1.807, 2.05) is 51.1 Å². The fraction of sp³-hybridized carbons (Fsp3) is 0.379. The Labute approximate surface area is 215 Å². The predicted octanol–water partition coefficient (Wildman–Crippen LogP) is 5.74. The number of carbonyl (C=O) groups excluding carboxylic acids is 1. The van der Waals surface area contributed by atoms with Crippen molar-refractivity contribution in [3.05, 3.63) is 60.3 Å². The maximum Gasteiger partial charge on any atom is 0.410 e. The zero-order valence-corrected chi connectivity index (χ0v) is 21.5. The van der Waals surface area contributed by atoms with Crippen molar-refractivity contribution < 1.29 is 13.9 Å². The lowest BCUT2D eigenvalue weighted by Gasteiger charge is -2.47. The summed E-state index contributed by atoms with van der Waals surface area (Å²) in [6.45, 7) is 8.95. The topological polar surface area (TPSA) is 71.5 Å². The van der Waals surface area contributed by atoms with Gasteiger partial charge in [0, 0.05) is 24.8 Å². The minimum atomic E-state index is -0.537. The Kier molecular flexibility index (Phi) is 5.51. The molecule has 2 aromatic carbocycles. The normalized spacial score (nSPS) is 19.3. The van der Waals surface area contributed by atoms with Gasteiger partial charge >= 0.3 is 6.09 Å². The SMILES string of the molecule is CCc1cccc2cccc(-c3ncc4c(N5C[C@@H]6[C@H]5CCN6C(=O)OC(C)(C)C)ncnc4c3F)c12. The third-order valence-electron chi connectivity index (χ3n) is 7.42. The molecular weight excluding hydrogens is 469 g/mol. The second kappa shape index (κ2) is 8.64. The van der Waals surface area contributed by atoms with E-state index in [1.54, 1.807) is 11.1 Å². The summed E-state index contributed by atoms with van der Waals surface area (Å²) in [6.07, 6.45) is 4.46. The molecule has 4 aromatic rings. The standard InChI is InChI=1S/C29H30FN5O2/c1-5-17-8-6-9-18-10-7-11-19(23(17)18)25-24(30)26-20(14-31-25)27(33-16-32-26)35-15-22-21(35)12-13-34(22)28(36)37-29(2,3)4/h6-11,14,16,21-22H,5,12-13,15H2,1-4H3/t21-,22-/m1/s1. The number of halogens is 1. The first-order valence-corrected chi connectivity index (χ1v) is 12.8. The molecule has 0 spiro atoms. The van der Waals surface area contributed by atoms with Gasteiger partial charge in [-0.3, -0.25) is 4.98 Å². The molecule has 2 saturated heterocycles. The molecule has 8 heteroatoms. The number of amides is 1. The molecular formula is C29H30FN5O2. The highest BCUT2D eigenvalue weighted by atomic mass is 19.1. The number of pyridine rings is 1. The number of aryl methyl sites for hydroxylation is 1. The van der Waals surface area contributed by atoms with Crippen LogP contribution in [0.5, 0.6) is 0 Å². The largest absolute Gasteiger partial charge is 0.444 e. The van der Waals surface area contributed by atoms with Gasteiger partial charge in [0.05, 0.1) is 17.5 Å². The number of hydrogen-bond acceptors (Lipinski definition) is 6. The first-order chi connectivity index (χ1) is 17.8. The lowest BCUT2D eigenvalue weighted by atomic mass is 9.95. The van der Waals surface area contributed by atoms with Crippen molar-refractivity contribution in [1.82, 2.24) is 19.9 Å². The molecule has 1 amide bonds. The molecule has 0 aliphatic carbocycles. The first kappa shape index (κ1) is 23.6. The molecule has 2 fully saturated rings. The van der Waals surface area contributed by atoms with Gasteiger partial charge in [0.15, 0.2) is 5.82 Å². The van der Waals surface area contributed by atoms with Crippen LogP contribution in [0.2, 0.25) is 0 Å². The van der Waals surface area contributed by atoms with Gasteiger partial charge in [-0.15, -0.1) is 0 Å². The number of carbonyl (C=O) groups is 1. The van der Waals surface area contributed by atoms with E-state index in [4.69, 9.17) is 4.74 Å². The monoisotopic (exact) mass is 499 g/mol. The summed E-state index contributed by atoms with van der Waals surface area (Å²) >= 11 is 0. The molecule has 0 unspecified atom stereocenters. The summed E-state index contributed by atoms with van der Waals surface area (Å²) in [7, 11) is 0. The van der Waals surface area contributed by atoms with Crippen molar-refractivity contribution in [1.29, 1.82) is 0 Å². The molecule has 2 aliphatic heterocycles. The van der Waals surface area contributed by atoms with E-state index in [9.17, 15) is 4.79 Å². The van der Waals surface area contributed by atoms with Gasteiger partial charge in [-0.1, -0.05) is 43.3 Å². The lowest BCUT2D eigenvalue weighted by molar-refractivity contribution is 0.0193. The molecule has 6 rings (SSSR count). The third kappa shape index (κ3) is 3.86. The van der Waals surface area contributed by atoms with E-state index in [2.05, 4.69) is 32.8 Å². The smallest absolute Gasteiger partial charge is 0.410 e. The van der Waals surface area contributed by atoms with Gasteiger partial charge in [-0.25, -0.2) is 19.2 Å². The van der Waals surface area contributed by atoms with Gasteiger partial charge in [0.2, 0.25) is 0 Å². The Hall–Kier alpha value is -3.81. The second-order valence-electron chi connectivity index (χ2n) is 10.8. The van der Waals surface area contributed by atoms with Crippen LogP contribution in [0.25, 0.3) is 32.9 Å². The van der Waals surface area contributed by atoms with Crippen molar-refractivity contribution in [2.75, 3.05) is 18.0 Å². The average Bonchev–Trinajstić information content (AvgIpc) is 3.19. The molecule has 190 valence electrons. The minimum Gasteiger partial charge on any atom is -0.444 e. The Bertz CT molecular complexity index is 1530. The Balaban J connectivity index is 1.35. The molecule has 0 saturated carbocycles. The van der Waals surface area contributed by atoms with Crippen molar-refractivity contribution in [2.24, 2.45) is 0 Å². The minimum absolute atomic E-state index is 0.0556. The Morgan fingerprint density at radius 1 is 1.11 bits per heavy atom. The Morgan fingerprint density at radius 3 is 2.65 bits per heavy atom. The van der Waals surface area contributed by atoms with Crippen molar-refractivity contribution in [3.8, 4) is 11.3 Å². The molecule has 2 atom stereocenters. The summed E-state index contributed by atoms with van der Waals surface area (Å²) in [5.74, 6) is 0.209. The first-order valence-electron chi connectivity index (χ1n) is 12.8. The van der Waals surface area contributed by atoms with Crippen LogP contribution in [0.3, 0.4) is 0 Å². The predicted molar refractivity (Wildman–Crippen MR) is 142 cm³/mol. The molecule has 37 heavy (non-hydrogen) atoms. The molecule has 2 aliphatic rings. The highest BCUT2D eigenvalue weighted by Crippen LogP contribution is 2.40. The highest BCUT2D eigenvalue weighted by Gasteiger charge is 2.50. The number of rotatable bonds is 3. The molecule has 0 N–H and O–H groups in total. The summed E-state index contributed by atoms with van der Waals surface area (Å²) in [4.78, 5) is 30.0. The molecule has 0 radical (unpaired) electrons. The van der Waals surface area contributed by atoms with E-state index in [0.717, 1.165) is 34.7 Å². The zero-order chi connectivity index (χ0) is 25.9. The van der Waals surface area contributed by atoms with Crippen molar-refractivity contribution in [2.45, 2.75) is 58.2 Å². The van der Waals surface area contributed by atoms with E-state index >= 15 is 4.39 Å². The van der Waals surface area contributed by atoms with Gasteiger partial charge < -0.3 is 14.5 Å². The number of fused-ring (bicyclic) bond motifs is 3. The van der Waals surface area contributed by atoms with Crippen LogP contribution in [-0.4, -0.2) is 56.7 Å². The van der Waals surface area contributed by atoms with Crippen LogP contribution in [-0.2, 0) is 11.2 Å². The Morgan fingerprint density at radius 2 is 1.89 bits per heavy atom. The summed E-state index contributed by atoms with van der Waals surface area (Å²) in [6, 6.07) is 12.2. The van der Waals surface area contributed by atoms with Crippen LogP contribution in [0.1, 0.15) is 39.7 Å². The number of anilines is 1. The van der Waals surface area contributed by atoms with Gasteiger partial charge in [-0.2, -0.15) is 0 Å². The maximum atomic E-state index is 16.0. The van der Waals surface area contributed by atoms with Crippen LogP contribution >= 0.6 is 0 Å². The van der Waals surface area contributed by atoms with Crippen LogP contribution in [0, 0.1) is 5.82 Å². The number of nitrogens with zero attached hydrogens (tertiary/aromatic N) is 5. The fourth-order valence-electron chi connectivity index (χ4n) is 5.72. The second-order valence-corrected chi connectivity index (χ2v) is 10.8. The number of ether oxygens (including phenoxy) is 1. The third-order valence-corrected chi connectivity index (χ3v) is 7.42. The molecule has 2 aromatic heterocycles. The van der Waals surface area contributed by atoms with Gasteiger partial charge in [0.25, 0.3) is 0 Å². The number of likely N-dealkylation sites (tertiary alicyclic amines) is 1. The van der Waals surface area contributed by atoms with Crippen molar-refractivity contribution in [3.63, 3.8) is 0 Å². The van der Waals surface area contributed by atoms with E-state index in [1.165, 1.54) is 6.33 Å². The van der Waals surface area contributed by atoms with E-state index < -0.39 is 11.4 Å². The maximum absolute atomic E-state index is 16.0. The van der Waals surface area contributed by atoms with Crippen LogP contribution < -0.4 is 4.90 Å². The summed E-state index contributed by atoms with van der Waals surface area (Å²) < 4.78 is 21.6. The number of hydrogen-bond donors (Lipinski definition) is 0. The molecule has 0 bridgehead atoms. The summed E-state index contributed by atoms with van der Waals surface area (Å²) in [5.41, 5.74) is 1.93. The van der Waals surface area contributed by atoms with E-state index in [0.29, 0.717) is 30.0 Å². The number of aromatic nitrogens is 3. The zero-order valence-electron chi connectivity index (χ0n) is 21.5. The quantitative estimate of drug-likeness (QED) is 0.358. The number of benzene rings is 2. The average molecular weight is 500 g/mol. The van der Waals surface area contributed by atoms with Gasteiger partial charge in [0.1, 0.15) is 29.0 Å². The van der Waals surface area contributed by atoms with Crippen LogP contribution in [0.4, 0.5) is 15.0 Å². The van der Waals surface area contributed by atoms with Crippen LogP contribution in [0.15, 0.2) is 48.9 Å². The molecule has 4 heterocycles. The fourth-order valence-corrected chi connectivity index (χ4v) is 5.72. The van der Waals surface area contributed by atoms with E-state index in [-0.39, 0.29) is 23.7 Å². The lowest BCUT2D eigenvalue weighted by Crippen LogP contribution is -2.63.